The minimum atomic E-state index is 0.187. The molecule has 0 bridgehead atoms. The van der Waals surface area contributed by atoms with E-state index in [1.165, 1.54) is 0 Å². The third kappa shape index (κ3) is 2.48. The lowest BCUT2D eigenvalue weighted by Gasteiger charge is -2.08. The average Bonchev–Trinajstić information content (AvgIpc) is 2.81. The van der Waals surface area contributed by atoms with Crippen molar-refractivity contribution in [3.8, 4) is 18.2 Å². The Morgan fingerprint density at radius 1 is 1.59 bits per heavy atom. The van der Waals surface area contributed by atoms with Gasteiger partial charge in [0, 0.05) is 18.9 Å². The van der Waals surface area contributed by atoms with Gasteiger partial charge in [0.05, 0.1) is 6.20 Å². The highest BCUT2D eigenvalue weighted by Crippen LogP contribution is 2.18. The molecule has 0 spiro atoms. The monoisotopic (exact) mass is 230 g/mol. The first-order chi connectivity index (χ1) is 8.35. The summed E-state index contributed by atoms with van der Waals surface area (Å²) >= 11 is 0. The van der Waals surface area contributed by atoms with E-state index in [0.717, 1.165) is 18.8 Å². The minimum absolute atomic E-state index is 0.187. The molecule has 17 heavy (non-hydrogen) atoms. The molecule has 0 radical (unpaired) electrons. The number of fused-ring (bicyclic) bond motifs is 1. The molecule has 0 fully saturated rings. The van der Waals surface area contributed by atoms with E-state index in [0.29, 0.717) is 11.5 Å². The molecule has 2 aromatic heterocycles. The molecule has 0 unspecified atom stereocenters. The van der Waals surface area contributed by atoms with Crippen molar-refractivity contribution in [1.82, 2.24) is 14.4 Å². The lowest BCUT2D eigenvalue weighted by Crippen LogP contribution is -2.06. The van der Waals surface area contributed by atoms with E-state index in [4.69, 9.17) is 11.2 Å². The van der Waals surface area contributed by atoms with E-state index in [-0.39, 0.29) is 6.61 Å². The highest BCUT2D eigenvalue weighted by molar-refractivity contribution is 5.53. The van der Waals surface area contributed by atoms with Gasteiger partial charge in [0.15, 0.2) is 6.61 Å². The number of rotatable bonds is 5. The van der Waals surface area contributed by atoms with Crippen molar-refractivity contribution in [2.45, 2.75) is 13.3 Å². The van der Waals surface area contributed by atoms with Gasteiger partial charge < -0.3 is 10.1 Å². The lowest BCUT2D eigenvalue weighted by molar-refractivity contribution is 0.358. The molecule has 2 heterocycles. The normalized spacial score (nSPS) is 10.1. The van der Waals surface area contributed by atoms with Crippen molar-refractivity contribution in [1.29, 1.82) is 0 Å². The molecule has 0 aliphatic rings. The Bertz CT molecular complexity index is 541. The third-order valence-corrected chi connectivity index (χ3v) is 2.19. The Labute approximate surface area is 99.8 Å². The molecular formula is C12H14N4O. The summed E-state index contributed by atoms with van der Waals surface area (Å²) in [5, 5.41) is 3.20. The maximum absolute atomic E-state index is 5.38. The predicted molar refractivity (Wildman–Crippen MR) is 66.1 cm³/mol. The second-order valence-corrected chi connectivity index (χ2v) is 3.51. The summed E-state index contributed by atoms with van der Waals surface area (Å²) < 4.78 is 7.23. The summed E-state index contributed by atoms with van der Waals surface area (Å²) in [7, 11) is 0. The first-order valence-electron chi connectivity index (χ1n) is 5.49. The fourth-order valence-electron chi connectivity index (χ4n) is 1.45. The smallest absolute Gasteiger partial charge is 0.261 e. The molecule has 0 aliphatic heterocycles. The van der Waals surface area contributed by atoms with Crippen LogP contribution in [-0.4, -0.2) is 27.5 Å². The van der Waals surface area contributed by atoms with Crippen molar-refractivity contribution in [2.75, 3.05) is 18.5 Å². The zero-order valence-electron chi connectivity index (χ0n) is 9.68. The summed E-state index contributed by atoms with van der Waals surface area (Å²) in [6.07, 6.45) is 11.6. The van der Waals surface area contributed by atoms with E-state index in [1.807, 2.05) is 16.8 Å². The van der Waals surface area contributed by atoms with Gasteiger partial charge in [-0.1, -0.05) is 12.8 Å². The van der Waals surface area contributed by atoms with Crippen molar-refractivity contribution in [3.63, 3.8) is 0 Å². The number of ether oxygens (including phenoxy) is 1. The van der Waals surface area contributed by atoms with Gasteiger partial charge in [-0.3, -0.25) is 4.40 Å². The zero-order valence-corrected chi connectivity index (χ0v) is 9.68. The number of imidazole rings is 1. The standard InChI is InChI=1S/C12H14N4O/c1-3-5-13-10-9-16-7-6-14-11(16)12(15-10)17-8-4-2/h2,6-7,9,13H,3,5,8H2,1H3. The zero-order chi connectivity index (χ0) is 12.1. The summed E-state index contributed by atoms with van der Waals surface area (Å²) in [5.74, 6) is 3.62. The lowest BCUT2D eigenvalue weighted by atomic mass is 10.5. The van der Waals surface area contributed by atoms with Crippen molar-refractivity contribution < 1.29 is 4.74 Å². The van der Waals surface area contributed by atoms with Crippen LogP contribution < -0.4 is 10.1 Å². The van der Waals surface area contributed by atoms with Gasteiger partial charge in [-0.25, -0.2) is 4.98 Å². The van der Waals surface area contributed by atoms with Crippen LogP contribution in [0.15, 0.2) is 18.6 Å². The number of hydrogen-bond donors (Lipinski definition) is 1. The number of nitrogens with zero attached hydrogens (tertiary/aromatic N) is 3. The quantitative estimate of drug-likeness (QED) is 0.792. The molecule has 0 aliphatic carbocycles. The van der Waals surface area contributed by atoms with Crippen LogP contribution in [0.5, 0.6) is 5.88 Å². The topological polar surface area (TPSA) is 51.5 Å². The first kappa shape index (κ1) is 11.3. The summed E-state index contributed by atoms with van der Waals surface area (Å²) in [6, 6.07) is 0. The van der Waals surface area contributed by atoms with Gasteiger partial charge >= 0.3 is 0 Å². The highest BCUT2D eigenvalue weighted by atomic mass is 16.5. The Balaban J connectivity index is 2.33. The van der Waals surface area contributed by atoms with Gasteiger partial charge in [-0.15, -0.1) is 6.42 Å². The maximum Gasteiger partial charge on any atom is 0.261 e. The van der Waals surface area contributed by atoms with E-state index in [2.05, 4.69) is 28.1 Å². The molecule has 2 rings (SSSR count). The van der Waals surface area contributed by atoms with Gasteiger partial charge in [0.25, 0.3) is 5.88 Å². The van der Waals surface area contributed by atoms with Gasteiger partial charge in [-0.05, 0) is 6.42 Å². The summed E-state index contributed by atoms with van der Waals surface area (Å²) in [4.78, 5) is 8.51. The Kier molecular flexibility index (Phi) is 3.46. The van der Waals surface area contributed by atoms with Crippen LogP contribution in [0, 0.1) is 12.3 Å². The number of hydrogen-bond acceptors (Lipinski definition) is 4. The molecule has 5 nitrogen and oxygen atoms in total. The van der Waals surface area contributed by atoms with E-state index in [9.17, 15) is 0 Å². The summed E-state index contributed by atoms with van der Waals surface area (Å²) in [5.41, 5.74) is 0.669. The van der Waals surface area contributed by atoms with Crippen molar-refractivity contribution in [2.24, 2.45) is 0 Å². The van der Waals surface area contributed by atoms with Crippen molar-refractivity contribution >= 4 is 11.5 Å². The van der Waals surface area contributed by atoms with Crippen LogP contribution in [0.25, 0.3) is 5.65 Å². The summed E-state index contributed by atoms with van der Waals surface area (Å²) in [6.45, 7) is 3.15. The first-order valence-corrected chi connectivity index (χ1v) is 5.49. The van der Waals surface area contributed by atoms with Crippen molar-refractivity contribution in [3.05, 3.63) is 18.6 Å². The molecular weight excluding hydrogens is 216 g/mol. The van der Waals surface area contributed by atoms with Crippen LogP contribution >= 0.6 is 0 Å². The number of anilines is 1. The second kappa shape index (κ2) is 5.21. The van der Waals surface area contributed by atoms with Crippen LogP contribution in [0.3, 0.4) is 0 Å². The molecule has 5 heteroatoms. The highest BCUT2D eigenvalue weighted by Gasteiger charge is 2.07. The minimum Gasteiger partial charge on any atom is -0.462 e. The van der Waals surface area contributed by atoms with E-state index in [1.54, 1.807) is 6.20 Å². The fraction of sp³-hybridized carbons (Fsp3) is 0.333. The number of aromatic nitrogens is 3. The Morgan fingerprint density at radius 3 is 3.24 bits per heavy atom. The second-order valence-electron chi connectivity index (χ2n) is 3.51. The molecule has 2 aromatic rings. The Morgan fingerprint density at radius 2 is 2.47 bits per heavy atom. The molecule has 0 aromatic carbocycles. The van der Waals surface area contributed by atoms with Gasteiger partial charge in [0.1, 0.15) is 5.82 Å². The fourth-order valence-corrected chi connectivity index (χ4v) is 1.45. The third-order valence-electron chi connectivity index (χ3n) is 2.19. The van der Waals surface area contributed by atoms with E-state index < -0.39 is 0 Å². The number of terminal acetylenes is 1. The van der Waals surface area contributed by atoms with Crippen LogP contribution in [0.2, 0.25) is 0 Å². The van der Waals surface area contributed by atoms with Crippen LogP contribution in [0.1, 0.15) is 13.3 Å². The molecule has 0 saturated heterocycles. The van der Waals surface area contributed by atoms with Gasteiger partial charge in [0.2, 0.25) is 5.65 Å². The number of nitrogens with one attached hydrogen (secondary N) is 1. The molecule has 0 saturated carbocycles. The molecule has 0 amide bonds. The molecule has 88 valence electrons. The predicted octanol–water partition coefficient (Wildman–Crippen LogP) is 1.56. The Hall–Kier alpha value is -2.22. The van der Waals surface area contributed by atoms with Gasteiger partial charge in [-0.2, -0.15) is 4.98 Å². The SMILES string of the molecule is C#CCOc1nc(NCCC)cn2ccnc12. The largest absolute Gasteiger partial charge is 0.462 e. The van der Waals surface area contributed by atoms with Crippen LogP contribution in [-0.2, 0) is 0 Å². The van der Waals surface area contributed by atoms with E-state index >= 15 is 0 Å². The molecule has 0 atom stereocenters. The van der Waals surface area contributed by atoms with Crippen LogP contribution in [0.4, 0.5) is 5.82 Å². The molecule has 1 N–H and O–H groups in total. The maximum atomic E-state index is 5.38. The average molecular weight is 230 g/mol.